The molecule has 1 unspecified atom stereocenters. The summed E-state index contributed by atoms with van der Waals surface area (Å²) in [6.45, 7) is 7.53. The van der Waals surface area contributed by atoms with Crippen molar-refractivity contribution in [2.24, 2.45) is 11.8 Å². The van der Waals surface area contributed by atoms with Crippen LogP contribution in [-0.2, 0) is 4.74 Å². The summed E-state index contributed by atoms with van der Waals surface area (Å²) in [7, 11) is 0. The first kappa shape index (κ1) is 18.9. The number of hydrogen-bond donors (Lipinski definition) is 2. The molecular formula is C18H38N2O. The minimum absolute atomic E-state index is 0.0145. The zero-order chi connectivity index (χ0) is 15.6. The van der Waals surface area contributed by atoms with Crippen LogP contribution in [0.5, 0.6) is 0 Å². The first-order valence-electron chi connectivity index (χ1n) is 9.28. The van der Waals surface area contributed by atoms with Crippen LogP contribution in [0, 0.1) is 5.92 Å². The van der Waals surface area contributed by atoms with Gasteiger partial charge >= 0.3 is 0 Å². The second kappa shape index (κ2) is 10.6. The molecule has 1 aliphatic rings. The molecule has 0 bridgehead atoms. The fraction of sp³-hybridized carbons (Fsp3) is 1.00. The van der Waals surface area contributed by atoms with E-state index in [0.717, 1.165) is 31.8 Å². The number of hydrogen-bond acceptors (Lipinski definition) is 3. The minimum atomic E-state index is -0.0145. The molecule has 1 rings (SSSR count). The highest BCUT2D eigenvalue weighted by atomic mass is 16.5. The number of unbranched alkanes of at least 4 members (excludes halogenated alkanes) is 5. The largest absolute Gasteiger partial charge is 0.374 e. The molecule has 1 saturated carbocycles. The van der Waals surface area contributed by atoms with Crippen molar-refractivity contribution in [2.75, 3.05) is 6.61 Å². The Morgan fingerprint density at radius 3 is 2.29 bits per heavy atom. The van der Waals surface area contributed by atoms with Crippen LogP contribution in [0.4, 0.5) is 0 Å². The van der Waals surface area contributed by atoms with Gasteiger partial charge in [0, 0.05) is 6.61 Å². The van der Waals surface area contributed by atoms with Gasteiger partial charge in [0.05, 0.1) is 11.6 Å². The number of rotatable bonds is 11. The molecule has 3 nitrogen and oxygen atoms in total. The summed E-state index contributed by atoms with van der Waals surface area (Å²) in [4.78, 5) is 0. The second-order valence-corrected chi connectivity index (χ2v) is 6.96. The van der Waals surface area contributed by atoms with Crippen LogP contribution in [0.25, 0.3) is 0 Å². The SMILES string of the molecule is CCCCCCCCC(NN)C1(OCC)CCC(C)CC1. The van der Waals surface area contributed by atoms with Gasteiger partial charge in [-0.25, -0.2) is 0 Å². The third-order valence-electron chi connectivity index (χ3n) is 5.24. The Bertz CT molecular complexity index is 250. The highest BCUT2D eigenvalue weighted by Crippen LogP contribution is 2.38. The van der Waals surface area contributed by atoms with Crippen LogP contribution < -0.4 is 11.3 Å². The molecule has 0 spiro atoms. The molecule has 0 amide bonds. The normalized spacial score (nSPS) is 27.7. The van der Waals surface area contributed by atoms with Crippen molar-refractivity contribution in [3.8, 4) is 0 Å². The van der Waals surface area contributed by atoms with Crippen molar-refractivity contribution in [1.29, 1.82) is 0 Å². The summed E-state index contributed by atoms with van der Waals surface area (Å²) in [5.41, 5.74) is 3.07. The Hall–Kier alpha value is -0.120. The number of hydrazine groups is 1. The van der Waals surface area contributed by atoms with E-state index in [2.05, 4.69) is 26.2 Å². The highest BCUT2D eigenvalue weighted by molar-refractivity contribution is 4.95. The zero-order valence-electron chi connectivity index (χ0n) is 14.6. The van der Waals surface area contributed by atoms with Gasteiger partial charge in [0.25, 0.3) is 0 Å². The predicted octanol–water partition coefficient (Wildman–Crippen LogP) is 4.55. The highest BCUT2D eigenvalue weighted by Gasteiger charge is 2.41. The topological polar surface area (TPSA) is 47.3 Å². The van der Waals surface area contributed by atoms with E-state index in [4.69, 9.17) is 10.6 Å². The summed E-state index contributed by atoms with van der Waals surface area (Å²) >= 11 is 0. The second-order valence-electron chi connectivity index (χ2n) is 6.96. The fourth-order valence-electron chi connectivity index (χ4n) is 3.76. The Kier molecular flexibility index (Phi) is 9.54. The van der Waals surface area contributed by atoms with E-state index in [9.17, 15) is 0 Å². The van der Waals surface area contributed by atoms with Crippen LogP contribution in [-0.4, -0.2) is 18.2 Å². The van der Waals surface area contributed by atoms with E-state index in [1.807, 2.05) is 0 Å². The average Bonchev–Trinajstić information content (AvgIpc) is 2.49. The van der Waals surface area contributed by atoms with Gasteiger partial charge in [-0.15, -0.1) is 0 Å². The molecule has 0 aromatic carbocycles. The van der Waals surface area contributed by atoms with Crippen molar-refractivity contribution < 1.29 is 4.74 Å². The number of nitrogens with one attached hydrogen (secondary N) is 1. The Balaban J connectivity index is 2.42. The van der Waals surface area contributed by atoms with Gasteiger partial charge in [-0.1, -0.05) is 52.4 Å². The molecule has 1 aliphatic carbocycles. The summed E-state index contributed by atoms with van der Waals surface area (Å²) in [5, 5.41) is 0. The fourth-order valence-corrected chi connectivity index (χ4v) is 3.76. The van der Waals surface area contributed by atoms with Crippen molar-refractivity contribution in [1.82, 2.24) is 5.43 Å². The summed E-state index contributed by atoms with van der Waals surface area (Å²) in [6.07, 6.45) is 14.0. The zero-order valence-corrected chi connectivity index (χ0v) is 14.6. The minimum Gasteiger partial charge on any atom is -0.374 e. The van der Waals surface area contributed by atoms with Crippen molar-refractivity contribution in [2.45, 2.75) is 103 Å². The molecule has 0 aromatic heterocycles. The molecule has 1 atom stereocenters. The maximum absolute atomic E-state index is 6.22. The van der Waals surface area contributed by atoms with Gasteiger partial charge in [-0.05, 0) is 44.9 Å². The molecule has 3 heteroatoms. The van der Waals surface area contributed by atoms with E-state index >= 15 is 0 Å². The smallest absolute Gasteiger partial charge is 0.0848 e. The molecule has 0 saturated heterocycles. The molecule has 1 fully saturated rings. The predicted molar refractivity (Wildman–Crippen MR) is 91.1 cm³/mol. The van der Waals surface area contributed by atoms with Crippen LogP contribution in [0.15, 0.2) is 0 Å². The van der Waals surface area contributed by atoms with E-state index in [1.54, 1.807) is 0 Å². The Labute approximate surface area is 132 Å². The van der Waals surface area contributed by atoms with Crippen molar-refractivity contribution >= 4 is 0 Å². The van der Waals surface area contributed by atoms with Gasteiger partial charge in [0.2, 0.25) is 0 Å². The van der Waals surface area contributed by atoms with E-state index in [0.29, 0.717) is 6.04 Å². The standard InChI is InChI=1S/C18H38N2O/c1-4-6-7-8-9-10-11-17(20-19)18(21-5-2)14-12-16(3)13-15-18/h16-17,20H,4-15,19H2,1-3H3. The lowest BCUT2D eigenvalue weighted by Gasteiger charge is -2.44. The van der Waals surface area contributed by atoms with Crippen LogP contribution in [0.1, 0.15) is 91.4 Å². The third-order valence-corrected chi connectivity index (χ3v) is 5.24. The summed E-state index contributed by atoms with van der Waals surface area (Å²) < 4.78 is 6.22. The monoisotopic (exact) mass is 298 g/mol. The maximum Gasteiger partial charge on any atom is 0.0848 e. The van der Waals surface area contributed by atoms with Crippen LogP contribution in [0.3, 0.4) is 0 Å². The van der Waals surface area contributed by atoms with Crippen LogP contribution >= 0.6 is 0 Å². The Morgan fingerprint density at radius 2 is 1.71 bits per heavy atom. The van der Waals surface area contributed by atoms with Gasteiger partial charge in [0.15, 0.2) is 0 Å². The van der Waals surface area contributed by atoms with Crippen LogP contribution in [0.2, 0.25) is 0 Å². The van der Waals surface area contributed by atoms with E-state index < -0.39 is 0 Å². The lowest BCUT2D eigenvalue weighted by Crippen LogP contribution is -2.56. The van der Waals surface area contributed by atoms with E-state index in [1.165, 1.54) is 51.4 Å². The lowest BCUT2D eigenvalue weighted by atomic mass is 9.74. The lowest BCUT2D eigenvalue weighted by molar-refractivity contribution is -0.0982. The molecule has 0 aliphatic heterocycles. The number of nitrogens with two attached hydrogens (primary N) is 1. The molecule has 0 radical (unpaired) electrons. The maximum atomic E-state index is 6.22. The quantitative estimate of drug-likeness (QED) is 0.334. The van der Waals surface area contributed by atoms with E-state index in [-0.39, 0.29) is 5.60 Å². The molecular weight excluding hydrogens is 260 g/mol. The third kappa shape index (κ3) is 6.25. The summed E-state index contributed by atoms with van der Waals surface area (Å²) in [5.74, 6) is 6.73. The molecule has 0 aromatic rings. The first-order valence-corrected chi connectivity index (χ1v) is 9.28. The molecule has 3 N–H and O–H groups in total. The molecule has 0 heterocycles. The van der Waals surface area contributed by atoms with Gasteiger partial charge in [0.1, 0.15) is 0 Å². The molecule has 21 heavy (non-hydrogen) atoms. The number of ether oxygens (including phenoxy) is 1. The summed E-state index contributed by atoms with van der Waals surface area (Å²) in [6, 6.07) is 0.316. The average molecular weight is 299 g/mol. The molecule has 126 valence electrons. The Morgan fingerprint density at radius 1 is 1.10 bits per heavy atom. The first-order chi connectivity index (χ1) is 10.2. The van der Waals surface area contributed by atoms with Gasteiger partial charge in [-0.2, -0.15) is 0 Å². The van der Waals surface area contributed by atoms with Gasteiger partial charge in [-0.3, -0.25) is 11.3 Å². The van der Waals surface area contributed by atoms with Crippen molar-refractivity contribution in [3.05, 3.63) is 0 Å². The van der Waals surface area contributed by atoms with Crippen molar-refractivity contribution in [3.63, 3.8) is 0 Å². The van der Waals surface area contributed by atoms with Gasteiger partial charge < -0.3 is 4.74 Å².